The first-order valence-electron chi connectivity index (χ1n) is 3.88. The van der Waals surface area contributed by atoms with Crippen molar-refractivity contribution >= 4 is 0 Å². The summed E-state index contributed by atoms with van der Waals surface area (Å²) in [6, 6.07) is 0. The smallest absolute Gasteiger partial charge is 0.275 e. The predicted octanol–water partition coefficient (Wildman–Crippen LogP) is 1.68. The van der Waals surface area contributed by atoms with E-state index in [4.69, 9.17) is 5.11 Å². The third-order valence-corrected chi connectivity index (χ3v) is 1.62. The van der Waals surface area contributed by atoms with Gasteiger partial charge in [0.25, 0.3) is 5.92 Å². The van der Waals surface area contributed by atoms with Crippen LogP contribution in [0.15, 0.2) is 0 Å². The zero-order valence-corrected chi connectivity index (χ0v) is 7.73. The van der Waals surface area contributed by atoms with Gasteiger partial charge in [-0.25, -0.2) is 8.78 Å². The average molecular weight is 182 g/mol. The fourth-order valence-electron chi connectivity index (χ4n) is 0.481. The van der Waals surface area contributed by atoms with Crippen molar-refractivity contribution in [3.63, 3.8) is 0 Å². The SMILES string of the molecule is CC(C)(C)C(F)(F)COCCO. The van der Waals surface area contributed by atoms with Crippen LogP contribution in [-0.2, 0) is 4.74 Å². The van der Waals surface area contributed by atoms with Gasteiger partial charge in [-0.2, -0.15) is 0 Å². The van der Waals surface area contributed by atoms with Crippen LogP contribution in [0.1, 0.15) is 20.8 Å². The minimum absolute atomic E-state index is 0.0360. The Morgan fingerprint density at radius 2 is 1.75 bits per heavy atom. The van der Waals surface area contributed by atoms with Crippen molar-refractivity contribution in [2.75, 3.05) is 19.8 Å². The second kappa shape index (κ2) is 4.14. The van der Waals surface area contributed by atoms with Crippen LogP contribution in [-0.4, -0.2) is 30.8 Å². The molecule has 0 saturated carbocycles. The van der Waals surface area contributed by atoms with Crippen LogP contribution in [0, 0.1) is 5.41 Å². The Bertz CT molecular complexity index is 130. The summed E-state index contributed by atoms with van der Waals surface area (Å²) in [5.41, 5.74) is -1.09. The van der Waals surface area contributed by atoms with Gasteiger partial charge >= 0.3 is 0 Å². The molecule has 0 saturated heterocycles. The topological polar surface area (TPSA) is 29.5 Å². The molecule has 0 aliphatic rings. The van der Waals surface area contributed by atoms with Crippen molar-refractivity contribution in [2.45, 2.75) is 26.7 Å². The average Bonchev–Trinajstić information content (AvgIpc) is 1.85. The summed E-state index contributed by atoms with van der Waals surface area (Å²) in [6.07, 6.45) is 0. The molecule has 74 valence electrons. The first-order chi connectivity index (χ1) is 5.31. The van der Waals surface area contributed by atoms with E-state index in [0.29, 0.717) is 0 Å². The number of aliphatic hydroxyl groups excluding tert-OH is 1. The lowest BCUT2D eigenvalue weighted by Crippen LogP contribution is -2.38. The molecule has 0 aromatic carbocycles. The normalized spacial score (nSPS) is 13.5. The van der Waals surface area contributed by atoms with Crippen molar-refractivity contribution in [1.29, 1.82) is 0 Å². The molecular weight excluding hydrogens is 166 g/mol. The van der Waals surface area contributed by atoms with Gasteiger partial charge in [-0.15, -0.1) is 0 Å². The van der Waals surface area contributed by atoms with E-state index in [-0.39, 0.29) is 13.2 Å². The van der Waals surface area contributed by atoms with E-state index in [1.807, 2.05) is 0 Å². The summed E-state index contributed by atoms with van der Waals surface area (Å²) < 4.78 is 30.7. The molecule has 0 unspecified atom stereocenters. The summed E-state index contributed by atoms with van der Waals surface area (Å²) in [6.45, 7) is 3.48. The molecule has 0 aromatic heterocycles. The Morgan fingerprint density at radius 1 is 1.25 bits per heavy atom. The summed E-state index contributed by atoms with van der Waals surface area (Å²) in [7, 11) is 0. The summed E-state index contributed by atoms with van der Waals surface area (Å²) in [4.78, 5) is 0. The maximum Gasteiger partial charge on any atom is 0.275 e. The lowest BCUT2D eigenvalue weighted by Gasteiger charge is -2.29. The van der Waals surface area contributed by atoms with Crippen LogP contribution >= 0.6 is 0 Å². The van der Waals surface area contributed by atoms with Crippen molar-refractivity contribution in [3.8, 4) is 0 Å². The van der Waals surface area contributed by atoms with Crippen LogP contribution in [0.3, 0.4) is 0 Å². The van der Waals surface area contributed by atoms with Crippen LogP contribution in [0.4, 0.5) is 8.78 Å². The van der Waals surface area contributed by atoms with Gasteiger partial charge in [0.05, 0.1) is 13.2 Å². The highest BCUT2D eigenvalue weighted by molar-refractivity contribution is 4.80. The lowest BCUT2D eigenvalue weighted by atomic mass is 9.88. The van der Waals surface area contributed by atoms with E-state index in [0.717, 1.165) is 0 Å². The molecule has 2 nitrogen and oxygen atoms in total. The number of ether oxygens (including phenoxy) is 1. The van der Waals surface area contributed by atoms with Gasteiger partial charge in [-0.05, 0) is 0 Å². The van der Waals surface area contributed by atoms with Gasteiger partial charge in [0.15, 0.2) is 0 Å². The molecule has 12 heavy (non-hydrogen) atoms. The molecule has 0 bridgehead atoms. The van der Waals surface area contributed by atoms with Crippen molar-refractivity contribution in [1.82, 2.24) is 0 Å². The van der Waals surface area contributed by atoms with Gasteiger partial charge < -0.3 is 9.84 Å². The molecule has 0 spiro atoms. The molecule has 0 amide bonds. The molecule has 0 fully saturated rings. The number of alkyl halides is 2. The molecule has 0 rings (SSSR count). The van der Waals surface area contributed by atoms with E-state index in [2.05, 4.69) is 4.74 Å². The number of hydrogen-bond acceptors (Lipinski definition) is 2. The maximum atomic E-state index is 13.0. The summed E-state index contributed by atoms with van der Waals surface area (Å²) in [5.74, 6) is -2.85. The first-order valence-corrected chi connectivity index (χ1v) is 3.88. The summed E-state index contributed by atoms with van der Waals surface area (Å²) in [5, 5.41) is 8.30. The molecule has 0 heterocycles. The highest BCUT2D eigenvalue weighted by Gasteiger charge is 2.43. The highest BCUT2D eigenvalue weighted by Crippen LogP contribution is 2.35. The Balaban J connectivity index is 3.88. The number of hydrogen-bond donors (Lipinski definition) is 1. The molecular formula is C8H16F2O2. The minimum Gasteiger partial charge on any atom is -0.394 e. The third kappa shape index (κ3) is 3.45. The largest absolute Gasteiger partial charge is 0.394 e. The lowest BCUT2D eigenvalue weighted by molar-refractivity contribution is -0.148. The minimum atomic E-state index is -2.85. The molecule has 4 heteroatoms. The van der Waals surface area contributed by atoms with E-state index < -0.39 is 17.9 Å². The van der Waals surface area contributed by atoms with Crippen molar-refractivity contribution in [2.24, 2.45) is 5.41 Å². The van der Waals surface area contributed by atoms with Crippen LogP contribution in [0.25, 0.3) is 0 Å². The van der Waals surface area contributed by atoms with Gasteiger partial charge in [0.2, 0.25) is 0 Å². The van der Waals surface area contributed by atoms with Crippen LogP contribution < -0.4 is 0 Å². The van der Waals surface area contributed by atoms with Gasteiger partial charge in [0.1, 0.15) is 6.61 Å². The molecule has 0 aliphatic heterocycles. The zero-order chi connectivity index (χ0) is 9.83. The van der Waals surface area contributed by atoms with Gasteiger partial charge in [-0.3, -0.25) is 0 Å². The zero-order valence-electron chi connectivity index (χ0n) is 7.73. The third-order valence-electron chi connectivity index (χ3n) is 1.62. The summed E-state index contributed by atoms with van der Waals surface area (Å²) >= 11 is 0. The van der Waals surface area contributed by atoms with Gasteiger partial charge in [0, 0.05) is 5.41 Å². The predicted molar refractivity (Wildman–Crippen MR) is 42.3 cm³/mol. The Morgan fingerprint density at radius 3 is 2.08 bits per heavy atom. The number of aliphatic hydroxyl groups is 1. The van der Waals surface area contributed by atoms with E-state index in [9.17, 15) is 8.78 Å². The number of rotatable bonds is 4. The van der Waals surface area contributed by atoms with Crippen molar-refractivity contribution < 1.29 is 18.6 Å². The standard InChI is InChI=1S/C8H16F2O2/c1-7(2,3)8(9,10)6-12-5-4-11/h11H,4-6H2,1-3H3. The van der Waals surface area contributed by atoms with Gasteiger partial charge in [-0.1, -0.05) is 20.8 Å². The fraction of sp³-hybridized carbons (Fsp3) is 1.00. The molecule has 0 aromatic rings. The second-order valence-electron chi connectivity index (χ2n) is 3.73. The fourth-order valence-corrected chi connectivity index (χ4v) is 0.481. The highest BCUT2D eigenvalue weighted by atomic mass is 19.3. The Hall–Kier alpha value is -0.220. The Kier molecular flexibility index (Phi) is 4.06. The van der Waals surface area contributed by atoms with Crippen molar-refractivity contribution in [3.05, 3.63) is 0 Å². The quantitative estimate of drug-likeness (QED) is 0.670. The number of halogens is 2. The molecule has 0 aliphatic carbocycles. The molecule has 0 radical (unpaired) electrons. The Labute approximate surface area is 71.5 Å². The monoisotopic (exact) mass is 182 g/mol. The van der Waals surface area contributed by atoms with Crippen LogP contribution in [0.5, 0.6) is 0 Å². The molecule has 1 N–H and O–H groups in total. The second-order valence-corrected chi connectivity index (χ2v) is 3.73. The van der Waals surface area contributed by atoms with Crippen LogP contribution in [0.2, 0.25) is 0 Å². The van der Waals surface area contributed by atoms with E-state index >= 15 is 0 Å². The van der Waals surface area contributed by atoms with E-state index in [1.165, 1.54) is 20.8 Å². The maximum absolute atomic E-state index is 13.0. The molecule has 0 atom stereocenters. The van der Waals surface area contributed by atoms with E-state index in [1.54, 1.807) is 0 Å². The first kappa shape index (κ1) is 11.8.